The van der Waals surface area contributed by atoms with Crippen LogP contribution in [0.4, 0.5) is 20.2 Å². The molecule has 0 spiro atoms. The molecule has 0 aromatic heterocycles. The number of halogens is 3. The van der Waals surface area contributed by atoms with Gasteiger partial charge in [-0.2, -0.15) is 0 Å². The lowest BCUT2D eigenvalue weighted by atomic mass is 10.2. The normalized spacial score (nSPS) is 12.5. The van der Waals surface area contributed by atoms with Crippen LogP contribution in [0, 0.1) is 11.6 Å². The van der Waals surface area contributed by atoms with Gasteiger partial charge >= 0.3 is 0 Å². The molecule has 25 heavy (non-hydrogen) atoms. The van der Waals surface area contributed by atoms with Crippen molar-refractivity contribution in [3.8, 4) is 0 Å². The molecule has 1 amide bonds. The Kier molecular flexibility index (Phi) is 5.64. The standard InChI is InChI=1S/C16H15ClF2N2O3S/c1-10(16(22)20-12-5-3-4-11(17)8-12)21(25(2,23)24)13-6-7-14(18)15(19)9-13/h3-10H,1-2H3,(H,20,22)/t10-/m0/s1. The van der Waals surface area contributed by atoms with Crippen molar-refractivity contribution in [2.45, 2.75) is 13.0 Å². The number of amides is 1. The Labute approximate surface area is 149 Å². The number of anilines is 2. The summed E-state index contributed by atoms with van der Waals surface area (Å²) in [7, 11) is -3.93. The maximum atomic E-state index is 13.5. The predicted molar refractivity (Wildman–Crippen MR) is 93.2 cm³/mol. The smallest absolute Gasteiger partial charge is 0.247 e. The Hall–Kier alpha value is -2.19. The summed E-state index contributed by atoms with van der Waals surface area (Å²) in [5.74, 6) is -2.99. The third-order valence-corrected chi connectivity index (χ3v) is 4.82. The molecular formula is C16H15ClF2N2O3S. The highest BCUT2D eigenvalue weighted by atomic mass is 35.5. The number of hydrogen-bond acceptors (Lipinski definition) is 3. The number of hydrogen-bond donors (Lipinski definition) is 1. The van der Waals surface area contributed by atoms with Gasteiger partial charge in [0.15, 0.2) is 11.6 Å². The molecule has 1 N–H and O–H groups in total. The number of carbonyl (C=O) groups is 1. The van der Waals surface area contributed by atoms with Gasteiger partial charge in [-0.3, -0.25) is 9.10 Å². The van der Waals surface area contributed by atoms with Gasteiger partial charge in [0, 0.05) is 16.8 Å². The van der Waals surface area contributed by atoms with Gasteiger partial charge in [-0.25, -0.2) is 17.2 Å². The molecule has 0 unspecified atom stereocenters. The number of sulfonamides is 1. The summed E-state index contributed by atoms with van der Waals surface area (Å²) in [6.07, 6.45) is 0.872. The average molecular weight is 389 g/mol. The molecule has 0 heterocycles. The number of benzene rings is 2. The summed E-state index contributed by atoms with van der Waals surface area (Å²) < 4.78 is 51.5. The van der Waals surface area contributed by atoms with Crippen LogP contribution in [0.25, 0.3) is 0 Å². The van der Waals surface area contributed by atoms with E-state index < -0.39 is 33.6 Å². The lowest BCUT2D eigenvalue weighted by Gasteiger charge is -2.28. The first-order chi connectivity index (χ1) is 11.6. The van der Waals surface area contributed by atoms with E-state index in [0.717, 1.165) is 28.8 Å². The molecule has 0 fully saturated rings. The fourth-order valence-corrected chi connectivity index (χ4v) is 3.60. The molecule has 2 rings (SSSR count). The molecule has 0 radical (unpaired) electrons. The first-order valence-electron chi connectivity index (χ1n) is 7.10. The van der Waals surface area contributed by atoms with Gasteiger partial charge in [-0.05, 0) is 37.3 Å². The van der Waals surface area contributed by atoms with Crippen molar-refractivity contribution in [2.24, 2.45) is 0 Å². The predicted octanol–water partition coefficient (Wildman–Crippen LogP) is 3.41. The van der Waals surface area contributed by atoms with Gasteiger partial charge in [0.05, 0.1) is 11.9 Å². The molecule has 2 aromatic rings. The van der Waals surface area contributed by atoms with Crippen molar-refractivity contribution in [3.63, 3.8) is 0 Å². The van der Waals surface area contributed by atoms with Crippen molar-refractivity contribution in [2.75, 3.05) is 15.9 Å². The zero-order chi connectivity index (χ0) is 18.8. The van der Waals surface area contributed by atoms with E-state index in [1.165, 1.54) is 13.0 Å². The van der Waals surface area contributed by atoms with Crippen molar-refractivity contribution in [1.29, 1.82) is 0 Å². The van der Waals surface area contributed by atoms with Crippen LogP contribution in [0.5, 0.6) is 0 Å². The largest absolute Gasteiger partial charge is 0.324 e. The molecule has 5 nitrogen and oxygen atoms in total. The highest BCUT2D eigenvalue weighted by molar-refractivity contribution is 7.92. The molecular weight excluding hydrogens is 374 g/mol. The van der Waals surface area contributed by atoms with Gasteiger partial charge in [-0.15, -0.1) is 0 Å². The molecule has 0 aliphatic heterocycles. The van der Waals surface area contributed by atoms with Gasteiger partial charge in [0.2, 0.25) is 15.9 Å². The van der Waals surface area contributed by atoms with Gasteiger partial charge < -0.3 is 5.32 Å². The highest BCUT2D eigenvalue weighted by Crippen LogP contribution is 2.24. The minimum Gasteiger partial charge on any atom is -0.324 e. The molecule has 0 bridgehead atoms. The van der Waals surface area contributed by atoms with Crippen molar-refractivity contribution < 1.29 is 22.0 Å². The Bertz CT molecular complexity index is 906. The van der Waals surface area contributed by atoms with E-state index in [1.54, 1.807) is 18.2 Å². The van der Waals surface area contributed by atoms with Crippen LogP contribution < -0.4 is 9.62 Å². The zero-order valence-electron chi connectivity index (χ0n) is 13.3. The van der Waals surface area contributed by atoms with E-state index >= 15 is 0 Å². The fourth-order valence-electron chi connectivity index (χ4n) is 2.24. The number of nitrogens with zero attached hydrogens (tertiary/aromatic N) is 1. The lowest BCUT2D eigenvalue weighted by Crippen LogP contribution is -2.45. The Morgan fingerprint density at radius 2 is 1.84 bits per heavy atom. The lowest BCUT2D eigenvalue weighted by molar-refractivity contribution is -0.116. The van der Waals surface area contributed by atoms with Crippen LogP contribution in [0.15, 0.2) is 42.5 Å². The van der Waals surface area contributed by atoms with Crippen molar-refractivity contribution >= 4 is 38.9 Å². The van der Waals surface area contributed by atoms with E-state index in [4.69, 9.17) is 11.6 Å². The molecule has 1 atom stereocenters. The van der Waals surface area contributed by atoms with Crippen LogP contribution in [-0.4, -0.2) is 26.6 Å². The second kappa shape index (κ2) is 7.37. The molecule has 134 valence electrons. The number of carbonyl (C=O) groups excluding carboxylic acids is 1. The van der Waals surface area contributed by atoms with Crippen LogP contribution in [-0.2, 0) is 14.8 Å². The molecule has 9 heteroatoms. The molecule has 0 saturated heterocycles. The second-order valence-corrected chi connectivity index (χ2v) is 7.63. The third kappa shape index (κ3) is 4.67. The van der Waals surface area contributed by atoms with Crippen LogP contribution in [0.3, 0.4) is 0 Å². The maximum absolute atomic E-state index is 13.5. The Morgan fingerprint density at radius 3 is 2.40 bits per heavy atom. The zero-order valence-corrected chi connectivity index (χ0v) is 14.9. The molecule has 0 saturated carbocycles. The SMILES string of the molecule is C[C@@H](C(=O)Nc1cccc(Cl)c1)N(c1ccc(F)c(F)c1)S(C)(=O)=O. The highest BCUT2D eigenvalue weighted by Gasteiger charge is 2.29. The summed E-state index contributed by atoms with van der Waals surface area (Å²) in [5.41, 5.74) is 0.221. The first-order valence-corrected chi connectivity index (χ1v) is 9.33. The topological polar surface area (TPSA) is 66.5 Å². The molecule has 0 aliphatic rings. The van der Waals surface area contributed by atoms with Gasteiger partial charge in [0.1, 0.15) is 6.04 Å². The summed E-state index contributed by atoms with van der Waals surface area (Å²) in [4.78, 5) is 12.4. The van der Waals surface area contributed by atoms with Crippen LogP contribution in [0.1, 0.15) is 6.92 Å². The maximum Gasteiger partial charge on any atom is 0.247 e. The summed E-state index contributed by atoms with van der Waals surface area (Å²) in [5, 5.41) is 2.93. The Balaban J connectivity index is 2.34. The van der Waals surface area contributed by atoms with E-state index in [2.05, 4.69) is 5.32 Å². The average Bonchev–Trinajstić information content (AvgIpc) is 2.49. The minimum atomic E-state index is -3.93. The summed E-state index contributed by atoms with van der Waals surface area (Å²) in [6.45, 7) is 1.34. The number of nitrogens with one attached hydrogen (secondary N) is 1. The van der Waals surface area contributed by atoms with E-state index in [1.807, 2.05) is 0 Å². The summed E-state index contributed by atoms with van der Waals surface area (Å²) >= 11 is 5.84. The van der Waals surface area contributed by atoms with E-state index in [-0.39, 0.29) is 5.69 Å². The van der Waals surface area contributed by atoms with E-state index in [0.29, 0.717) is 10.7 Å². The molecule has 2 aromatic carbocycles. The van der Waals surface area contributed by atoms with Crippen LogP contribution in [0.2, 0.25) is 5.02 Å². The van der Waals surface area contributed by atoms with Crippen molar-refractivity contribution in [1.82, 2.24) is 0 Å². The van der Waals surface area contributed by atoms with Crippen LogP contribution >= 0.6 is 11.6 Å². The van der Waals surface area contributed by atoms with Gasteiger partial charge in [0.25, 0.3) is 0 Å². The first kappa shape index (κ1) is 19.1. The Morgan fingerprint density at radius 1 is 1.16 bits per heavy atom. The second-order valence-electron chi connectivity index (χ2n) is 5.33. The fraction of sp³-hybridized carbons (Fsp3) is 0.188. The third-order valence-electron chi connectivity index (χ3n) is 3.34. The minimum absolute atomic E-state index is 0.157. The van der Waals surface area contributed by atoms with Gasteiger partial charge in [-0.1, -0.05) is 17.7 Å². The quantitative estimate of drug-likeness (QED) is 0.853. The molecule has 0 aliphatic carbocycles. The number of rotatable bonds is 5. The monoisotopic (exact) mass is 388 g/mol. The summed E-state index contributed by atoms with van der Waals surface area (Å²) in [6, 6.07) is 7.70. The van der Waals surface area contributed by atoms with Crippen molar-refractivity contribution in [3.05, 3.63) is 59.1 Å². The van der Waals surface area contributed by atoms with E-state index in [9.17, 15) is 22.0 Å².